The summed E-state index contributed by atoms with van der Waals surface area (Å²) in [6, 6.07) is 1.78. The van der Waals surface area contributed by atoms with Crippen LogP contribution in [-0.2, 0) is 16.0 Å². The standard InChI is InChI=1S/C26H31N3O7/c1-6-36-25(34)28-16-10-17(29(4)5)15-8-13-7-14-9-18(30)20(24(27)33)12(3)26(14,35)23(32)21(13)22(31)19(15)11(16)2/h10,13-14,30,32,35H,3,6-9H2,1-2,4-5H3,(H2,27,33)(H,28,34)/t13-,14+,26+/m1/s1. The molecule has 0 aromatic heterocycles. The fourth-order valence-electron chi connectivity index (χ4n) is 5.84. The van der Waals surface area contributed by atoms with E-state index in [2.05, 4.69) is 11.9 Å². The van der Waals surface area contributed by atoms with Gasteiger partial charge >= 0.3 is 6.09 Å². The first-order chi connectivity index (χ1) is 16.8. The van der Waals surface area contributed by atoms with Crippen LogP contribution in [0.1, 0.15) is 41.3 Å². The van der Waals surface area contributed by atoms with E-state index >= 15 is 0 Å². The number of rotatable bonds is 4. The van der Waals surface area contributed by atoms with Crippen molar-refractivity contribution in [3.8, 4) is 0 Å². The Morgan fingerprint density at radius 3 is 2.56 bits per heavy atom. The molecule has 0 saturated heterocycles. The average molecular weight is 498 g/mol. The molecule has 3 atom stereocenters. The van der Waals surface area contributed by atoms with Crippen molar-refractivity contribution in [2.75, 3.05) is 30.9 Å². The quantitative estimate of drug-likeness (QED) is 0.424. The Balaban J connectivity index is 1.90. The van der Waals surface area contributed by atoms with E-state index < -0.39 is 41.0 Å². The maximum Gasteiger partial charge on any atom is 0.411 e. The molecule has 192 valence electrons. The normalized spacial score (nSPS) is 25.1. The first-order valence-corrected chi connectivity index (χ1v) is 11.7. The number of carbonyl (C=O) groups excluding carboxylic acids is 3. The number of nitrogens with one attached hydrogen (secondary N) is 1. The van der Waals surface area contributed by atoms with Crippen LogP contribution in [-0.4, -0.2) is 59.4 Å². The molecule has 0 fully saturated rings. The third kappa shape index (κ3) is 3.55. The molecule has 0 spiro atoms. The van der Waals surface area contributed by atoms with Gasteiger partial charge in [-0.2, -0.15) is 0 Å². The summed E-state index contributed by atoms with van der Waals surface area (Å²) in [5, 5.41) is 36.1. The van der Waals surface area contributed by atoms with Crippen molar-refractivity contribution in [3.63, 3.8) is 0 Å². The highest BCUT2D eigenvalue weighted by Crippen LogP contribution is 2.54. The van der Waals surface area contributed by atoms with Gasteiger partial charge in [-0.05, 0) is 49.8 Å². The molecule has 36 heavy (non-hydrogen) atoms. The number of benzene rings is 1. The van der Waals surface area contributed by atoms with Gasteiger partial charge in [0.15, 0.2) is 11.4 Å². The Labute approximate surface area is 208 Å². The van der Waals surface area contributed by atoms with E-state index in [-0.39, 0.29) is 41.9 Å². The number of fused-ring (bicyclic) bond motifs is 3. The van der Waals surface area contributed by atoms with Crippen LogP contribution < -0.4 is 16.0 Å². The predicted octanol–water partition coefficient (Wildman–Crippen LogP) is 2.80. The van der Waals surface area contributed by atoms with Crippen molar-refractivity contribution in [2.45, 2.75) is 38.7 Å². The maximum atomic E-state index is 13.9. The van der Waals surface area contributed by atoms with Crippen molar-refractivity contribution in [3.05, 3.63) is 57.6 Å². The molecule has 3 aliphatic rings. The van der Waals surface area contributed by atoms with E-state index in [1.165, 1.54) is 0 Å². The van der Waals surface area contributed by atoms with Crippen LogP contribution in [0, 0.1) is 18.8 Å². The summed E-state index contributed by atoms with van der Waals surface area (Å²) in [5.41, 5.74) is 5.45. The minimum absolute atomic E-state index is 0.0358. The lowest BCUT2D eigenvalue weighted by Gasteiger charge is -2.48. The second-order valence-corrected chi connectivity index (χ2v) is 9.72. The molecule has 6 N–H and O–H groups in total. The van der Waals surface area contributed by atoms with Crippen LogP contribution in [0.5, 0.6) is 0 Å². The number of hydrogen-bond acceptors (Lipinski definition) is 8. The van der Waals surface area contributed by atoms with Crippen LogP contribution in [0.15, 0.2) is 40.9 Å². The van der Waals surface area contributed by atoms with E-state index in [0.29, 0.717) is 23.2 Å². The number of aliphatic hydroxyl groups excluding tert-OH is 2. The minimum atomic E-state index is -2.12. The van der Waals surface area contributed by atoms with E-state index in [1.807, 2.05) is 19.0 Å². The monoisotopic (exact) mass is 497 g/mol. The van der Waals surface area contributed by atoms with Gasteiger partial charge in [-0.3, -0.25) is 14.9 Å². The SMILES string of the molecule is C=C1C(C(N)=O)=C(O)C[C@@H]2C[C@@H]3Cc4c(N(C)C)cc(NC(=O)OCC)c(C)c4C(=O)C3=C(O)[C@]12O. The molecular formula is C26H31N3O7. The van der Waals surface area contributed by atoms with E-state index in [0.717, 1.165) is 11.3 Å². The van der Waals surface area contributed by atoms with Gasteiger partial charge in [0, 0.05) is 54.5 Å². The third-order valence-electron chi connectivity index (χ3n) is 7.51. The predicted molar refractivity (Wildman–Crippen MR) is 133 cm³/mol. The molecule has 0 heterocycles. The van der Waals surface area contributed by atoms with Crippen LogP contribution in [0.3, 0.4) is 0 Å². The maximum absolute atomic E-state index is 13.9. The summed E-state index contributed by atoms with van der Waals surface area (Å²) in [7, 11) is 3.65. The van der Waals surface area contributed by atoms with Crippen LogP contribution in [0.4, 0.5) is 16.2 Å². The van der Waals surface area contributed by atoms with Crippen LogP contribution in [0.2, 0.25) is 0 Å². The fourth-order valence-corrected chi connectivity index (χ4v) is 5.84. The van der Waals surface area contributed by atoms with Gasteiger partial charge < -0.3 is 30.7 Å². The van der Waals surface area contributed by atoms with Gasteiger partial charge in [0.05, 0.1) is 12.2 Å². The van der Waals surface area contributed by atoms with Crippen molar-refractivity contribution < 1.29 is 34.4 Å². The number of amides is 2. The molecule has 10 heteroatoms. The van der Waals surface area contributed by atoms with Gasteiger partial charge in [0.1, 0.15) is 11.5 Å². The summed E-state index contributed by atoms with van der Waals surface area (Å²) < 4.78 is 4.99. The van der Waals surface area contributed by atoms with Gasteiger partial charge in [-0.1, -0.05) is 6.58 Å². The second kappa shape index (κ2) is 8.70. The first-order valence-electron chi connectivity index (χ1n) is 11.7. The number of anilines is 2. The Bertz CT molecular complexity index is 1280. The number of hydrogen-bond donors (Lipinski definition) is 5. The van der Waals surface area contributed by atoms with E-state index in [1.54, 1.807) is 19.9 Å². The Kier molecular flexibility index (Phi) is 6.12. The molecule has 1 aromatic rings. The molecule has 0 unspecified atom stereocenters. The van der Waals surface area contributed by atoms with Gasteiger partial charge in [0.25, 0.3) is 5.91 Å². The second-order valence-electron chi connectivity index (χ2n) is 9.72. The number of ether oxygens (including phenoxy) is 1. The zero-order valence-electron chi connectivity index (χ0n) is 20.8. The number of nitrogens with zero attached hydrogens (tertiary/aromatic N) is 1. The third-order valence-corrected chi connectivity index (χ3v) is 7.51. The molecule has 2 amide bonds. The van der Waals surface area contributed by atoms with E-state index in [4.69, 9.17) is 10.5 Å². The molecule has 0 bridgehead atoms. The van der Waals surface area contributed by atoms with Gasteiger partial charge in [-0.25, -0.2) is 4.79 Å². The van der Waals surface area contributed by atoms with Crippen molar-refractivity contribution in [2.24, 2.45) is 17.6 Å². The number of primary amides is 1. The molecule has 0 aliphatic heterocycles. The number of allylic oxidation sites excluding steroid dienone is 2. The lowest BCUT2D eigenvalue weighted by atomic mass is 9.59. The average Bonchev–Trinajstić information content (AvgIpc) is 2.77. The van der Waals surface area contributed by atoms with Crippen molar-refractivity contribution >= 4 is 29.2 Å². The molecule has 0 saturated carbocycles. The molecule has 3 aliphatic carbocycles. The molecule has 4 rings (SSSR count). The molecule has 10 nitrogen and oxygen atoms in total. The minimum Gasteiger partial charge on any atom is -0.511 e. The Hall–Kier alpha value is -3.79. The number of ketones is 1. The zero-order valence-corrected chi connectivity index (χ0v) is 20.8. The summed E-state index contributed by atoms with van der Waals surface area (Å²) in [6.07, 6.45) is -0.0941. The molecule has 1 aromatic carbocycles. The fraction of sp³-hybridized carbons (Fsp3) is 0.423. The summed E-state index contributed by atoms with van der Waals surface area (Å²) >= 11 is 0. The highest BCUT2D eigenvalue weighted by molar-refractivity contribution is 6.15. The zero-order chi connectivity index (χ0) is 26.7. The lowest BCUT2D eigenvalue weighted by Crippen LogP contribution is -2.52. The number of Topliss-reactive ketones (excluding diaryl/α,β-unsaturated/α-hetero) is 1. The molecular weight excluding hydrogens is 466 g/mol. The number of carbonyl (C=O) groups is 3. The van der Waals surface area contributed by atoms with Crippen LogP contribution in [0.25, 0.3) is 0 Å². The highest BCUT2D eigenvalue weighted by atomic mass is 16.5. The van der Waals surface area contributed by atoms with Crippen molar-refractivity contribution in [1.82, 2.24) is 0 Å². The molecule has 0 radical (unpaired) electrons. The van der Waals surface area contributed by atoms with Gasteiger partial charge in [-0.15, -0.1) is 0 Å². The van der Waals surface area contributed by atoms with E-state index in [9.17, 15) is 29.7 Å². The smallest absolute Gasteiger partial charge is 0.411 e. The first kappa shape index (κ1) is 25.3. The lowest BCUT2D eigenvalue weighted by molar-refractivity contribution is -0.115. The number of aliphatic hydroxyl groups is 3. The summed E-state index contributed by atoms with van der Waals surface area (Å²) in [4.78, 5) is 39.9. The summed E-state index contributed by atoms with van der Waals surface area (Å²) in [5.74, 6) is -3.47. The number of nitrogens with two attached hydrogens (primary N) is 1. The van der Waals surface area contributed by atoms with Crippen molar-refractivity contribution in [1.29, 1.82) is 0 Å². The highest BCUT2D eigenvalue weighted by Gasteiger charge is 2.56. The van der Waals surface area contributed by atoms with Crippen LogP contribution >= 0.6 is 0 Å². The topological polar surface area (TPSA) is 162 Å². The largest absolute Gasteiger partial charge is 0.511 e. The Morgan fingerprint density at radius 1 is 1.31 bits per heavy atom. The van der Waals surface area contributed by atoms with Gasteiger partial charge in [0.2, 0.25) is 0 Å². The summed E-state index contributed by atoms with van der Waals surface area (Å²) in [6.45, 7) is 7.32. The Morgan fingerprint density at radius 2 is 1.97 bits per heavy atom.